The summed E-state index contributed by atoms with van der Waals surface area (Å²) in [5, 5.41) is 0. The average Bonchev–Trinajstić information content (AvgIpc) is 2.91. The Bertz CT molecular complexity index is 824. The van der Waals surface area contributed by atoms with Gasteiger partial charge in [0.1, 0.15) is 0 Å². The summed E-state index contributed by atoms with van der Waals surface area (Å²) >= 11 is 0. The number of hydrogen-bond acceptors (Lipinski definition) is 0. The first-order chi connectivity index (χ1) is 13.7. The van der Waals surface area contributed by atoms with Crippen molar-refractivity contribution in [3.05, 3.63) is 23.5 Å². The van der Waals surface area contributed by atoms with Crippen LogP contribution in [0.1, 0.15) is 11.4 Å². The Morgan fingerprint density at radius 3 is 0.969 bits per heavy atom. The van der Waals surface area contributed by atoms with E-state index < -0.39 is 63.7 Å². The monoisotopic (exact) mass is 513 g/mol. The first-order valence-electron chi connectivity index (χ1n) is 7.54. The molecule has 18 heteroatoms. The Hall–Kier alpha value is -1.91. The zero-order valence-corrected chi connectivity index (χ0v) is 15.0. The van der Waals surface area contributed by atoms with Crippen molar-refractivity contribution in [2.24, 2.45) is 0 Å². The van der Waals surface area contributed by atoms with Crippen molar-refractivity contribution in [1.29, 1.82) is 0 Å². The number of aryl methyl sites for hydroxylation is 2. The molecule has 0 atom stereocenters. The predicted octanol–water partition coefficient (Wildman–Crippen LogP) is 7.03. The molecule has 1 heterocycles. The summed E-state index contributed by atoms with van der Waals surface area (Å²) in [5.74, 6) is -49.9. The molecule has 0 saturated carbocycles. The summed E-state index contributed by atoms with van der Waals surface area (Å²) < 4.78 is 224. The van der Waals surface area contributed by atoms with Crippen molar-refractivity contribution in [3.63, 3.8) is 0 Å². The molecule has 1 nitrogen and oxygen atoms in total. The van der Waals surface area contributed by atoms with Crippen molar-refractivity contribution in [2.75, 3.05) is 0 Å². The van der Waals surface area contributed by atoms with Gasteiger partial charge in [-0.15, -0.1) is 0 Å². The van der Waals surface area contributed by atoms with E-state index >= 15 is 0 Å². The van der Waals surface area contributed by atoms with Gasteiger partial charge in [-0.2, -0.15) is 74.6 Å². The van der Waals surface area contributed by atoms with Crippen LogP contribution in [0, 0.1) is 13.8 Å². The molecule has 32 heavy (non-hydrogen) atoms. The van der Waals surface area contributed by atoms with Crippen LogP contribution in [0.2, 0.25) is 0 Å². The van der Waals surface area contributed by atoms with E-state index in [4.69, 9.17) is 0 Å². The maximum Gasteiger partial charge on any atom is 0.460 e. The van der Waals surface area contributed by atoms with Crippen LogP contribution < -0.4 is 0 Å². The number of rotatable bonds is 7. The van der Waals surface area contributed by atoms with E-state index in [1.54, 1.807) is 0 Å². The summed E-state index contributed by atoms with van der Waals surface area (Å²) in [6.45, 7) is 1.03. The SMILES string of the molecule is Cc1ccc(C)n1C(F)(F)C(F)(F)C(F)(F)C(F)(F)C(F)(F)C(F)(F)C(F)(F)C(F)(F)F. The third kappa shape index (κ3) is 3.21. The van der Waals surface area contributed by atoms with Crippen LogP contribution in [0.25, 0.3) is 0 Å². The van der Waals surface area contributed by atoms with E-state index in [0.29, 0.717) is 26.0 Å². The molecular formula is C14H8F17N. The molecule has 188 valence electrons. The van der Waals surface area contributed by atoms with E-state index in [1.165, 1.54) is 0 Å². The average molecular weight is 513 g/mol. The highest BCUT2D eigenvalue weighted by molar-refractivity contribution is 5.20. The maximum atomic E-state index is 14.1. The molecule has 1 aromatic heterocycles. The maximum absolute atomic E-state index is 14.1. The minimum absolute atomic E-state index is 0.514. The van der Waals surface area contributed by atoms with Gasteiger partial charge in [0.25, 0.3) is 0 Å². The van der Waals surface area contributed by atoms with Gasteiger partial charge in [0, 0.05) is 11.4 Å². The molecule has 0 radical (unpaired) electrons. The fourth-order valence-corrected chi connectivity index (χ4v) is 2.41. The Kier molecular flexibility index (Phi) is 6.19. The van der Waals surface area contributed by atoms with Crippen LogP contribution in [-0.2, 0) is 6.05 Å². The van der Waals surface area contributed by atoms with Crippen molar-refractivity contribution >= 4 is 0 Å². The number of halogens is 17. The molecule has 1 rings (SSSR count). The van der Waals surface area contributed by atoms with E-state index in [0.717, 1.165) is 0 Å². The third-order valence-corrected chi connectivity index (χ3v) is 4.26. The van der Waals surface area contributed by atoms with Gasteiger partial charge in [-0.3, -0.25) is 4.57 Å². The summed E-state index contributed by atoms with van der Waals surface area (Å²) in [6.07, 6.45) is -7.77. The quantitative estimate of drug-likeness (QED) is 0.345. The lowest BCUT2D eigenvalue weighted by atomic mass is 9.90. The lowest BCUT2D eigenvalue weighted by Gasteiger charge is -2.43. The first kappa shape index (κ1) is 28.1. The van der Waals surface area contributed by atoms with E-state index in [2.05, 4.69) is 0 Å². The fourth-order valence-electron chi connectivity index (χ4n) is 2.41. The zero-order chi connectivity index (χ0) is 26.1. The van der Waals surface area contributed by atoms with Crippen molar-refractivity contribution in [3.8, 4) is 0 Å². The van der Waals surface area contributed by atoms with E-state index in [1.807, 2.05) is 0 Å². The van der Waals surface area contributed by atoms with Crippen molar-refractivity contribution < 1.29 is 74.6 Å². The second kappa shape index (κ2) is 7.04. The van der Waals surface area contributed by atoms with Crippen LogP contribution in [0.4, 0.5) is 74.6 Å². The smallest absolute Gasteiger partial charge is 0.285 e. The van der Waals surface area contributed by atoms with Gasteiger partial charge in [0.2, 0.25) is 0 Å². The van der Waals surface area contributed by atoms with Crippen LogP contribution in [0.5, 0.6) is 0 Å². The van der Waals surface area contributed by atoms with Crippen molar-refractivity contribution in [1.82, 2.24) is 4.57 Å². The minimum atomic E-state index is -8.62. The Morgan fingerprint density at radius 2 is 0.688 bits per heavy atom. The van der Waals surface area contributed by atoms with Gasteiger partial charge in [-0.25, -0.2) is 0 Å². The minimum Gasteiger partial charge on any atom is -0.285 e. The van der Waals surface area contributed by atoms with Gasteiger partial charge in [0.05, 0.1) is 0 Å². The Morgan fingerprint density at radius 1 is 0.438 bits per heavy atom. The number of alkyl halides is 17. The number of hydrogen-bond donors (Lipinski definition) is 0. The van der Waals surface area contributed by atoms with Crippen LogP contribution in [0.15, 0.2) is 12.1 Å². The largest absolute Gasteiger partial charge is 0.460 e. The standard InChI is InChI=1S/C14H8F17N/c1-5-3-4-6(2)32(5)14(30,31)12(25,26)10(21,22)8(17,18)7(15,16)9(19,20)11(23,24)13(27,28)29/h3-4H,1-2H3. The topological polar surface area (TPSA) is 4.93 Å². The lowest BCUT2D eigenvalue weighted by molar-refractivity contribution is -0.467. The first-order valence-corrected chi connectivity index (χ1v) is 7.54. The molecule has 0 aliphatic rings. The number of aromatic nitrogens is 1. The summed E-state index contributed by atoms with van der Waals surface area (Å²) in [7, 11) is 0. The zero-order valence-electron chi connectivity index (χ0n) is 15.0. The van der Waals surface area contributed by atoms with Crippen LogP contribution in [0.3, 0.4) is 0 Å². The third-order valence-electron chi connectivity index (χ3n) is 4.26. The highest BCUT2D eigenvalue weighted by Crippen LogP contribution is 2.64. The highest BCUT2D eigenvalue weighted by Gasteiger charge is 2.95. The normalized spacial score (nSPS) is 16.0. The molecule has 0 aliphatic carbocycles. The Labute approximate surface area is 165 Å². The molecule has 0 unspecified atom stereocenters. The second-order valence-electron chi connectivity index (χ2n) is 6.44. The number of nitrogens with zero attached hydrogens (tertiary/aromatic N) is 1. The lowest BCUT2D eigenvalue weighted by Crippen LogP contribution is -2.74. The van der Waals surface area contributed by atoms with Crippen LogP contribution in [-0.4, -0.2) is 46.3 Å². The molecular weight excluding hydrogens is 505 g/mol. The van der Waals surface area contributed by atoms with Gasteiger partial charge >= 0.3 is 47.8 Å². The molecule has 0 spiro atoms. The summed E-state index contributed by atoms with van der Waals surface area (Å²) in [6, 6.07) is -5.53. The molecule has 1 aromatic rings. The molecule has 0 aromatic carbocycles. The van der Waals surface area contributed by atoms with E-state index in [-0.39, 0.29) is 0 Å². The highest BCUT2D eigenvalue weighted by atomic mass is 19.4. The predicted molar refractivity (Wildman–Crippen MR) is 69.8 cm³/mol. The van der Waals surface area contributed by atoms with Gasteiger partial charge in [-0.1, -0.05) is 0 Å². The molecule has 0 fully saturated rings. The second-order valence-corrected chi connectivity index (χ2v) is 6.44. The summed E-state index contributed by atoms with van der Waals surface area (Å²) in [4.78, 5) is 0. The molecule has 0 aliphatic heterocycles. The van der Waals surface area contributed by atoms with Gasteiger partial charge < -0.3 is 0 Å². The molecule has 0 saturated heterocycles. The van der Waals surface area contributed by atoms with Gasteiger partial charge in [-0.05, 0) is 26.0 Å². The molecule has 0 bridgehead atoms. The Balaban J connectivity index is 3.76. The molecule has 0 N–H and O–H groups in total. The molecule has 0 amide bonds. The van der Waals surface area contributed by atoms with E-state index in [9.17, 15) is 74.6 Å². The fraction of sp³-hybridized carbons (Fsp3) is 0.714. The summed E-state index contributed by atoms with van der Waals surface area (Å²) in [5.41, 5.74) is -2.13. The van der Waals surface area contributed by atoms with Gasteiger partial charge in [0.15, 0.2) is 0 Å². The van der Waals surface area contributed by atoms with Crippen LogP contribution >= 0.6 is 0 Å². The van der Waals surface area contributed by atoms with Crippen molar-refractivity contribution in [2.45, 2.75) is 61.6 Å².